The van der Waals surface area contributed by atoms with Crippen molar-refractivity contribution in [2.75, 3.05) is 13.2 Å². The molecular weight excluding hydrogens is 280 g/mol. The number of nitrogens with zero attached hydrogens (tertiary/aromatic N) is 2. The minimum absolute atomic E-state index is 0.0888. The second-order valence-corrected chi connectivity index (χ2v) is 5.38. The average molecular weight is 297 g/mol. The third-order valence-electron chi connectivity index (χ3n) is 2.74. The molecule has 1 heterocycles. The zero-order valence-corrected chi connectivity index (χ0v) is 12.2. The van der Waals surface area contributed by atoms with Gasteiger partial charge in [0.2, 0.25) is 0 Å². The van der Waals surface area contributed by atoms with Crippen molar-refractivity contribution < 1.29 is 14.6 Å². The molecule has 1 aromatic carbocycles. The van der Waals surface area contributed by atoms with Crippen LogP contribution in [0.1, 0.15) is 19.7 Å². The first-order chi connectivity index (χ1) is 9.52. The van der Waals surface area contributed by atoms with E-state index in [-0.39, 0.29) is 18.9 Å². The topological polar surface area (TPSA) is 64.3 Å². The molecule has 0 aliphatic heterocycles. The third-order valence-corrected chi connectivity index (χ3v) is 2.98. The van der Waals surface area contributed by atoms with E-state index in [0.29, 0.717) is 28.5 Å². The SMILES string of the molecule is CC(C)COC(=O)n1c(CCO)nc2cc(Cl)ccc21. The molecule has 0 radical (unpaired) electrons. The van der Waals surface area contributed by atoms with Gasteiger partial charge in [-0.2, -0.15) is 0 Å². The fourth-order valence-electron chi connectivity index (χ4n) is 1.88. The van der Waals surface area contributed by atoms with Crippen LogP contribution in [0.3, 0.4) is 0 Å². The second-order valence-electron chi connectivity index (χ2n) is 4.94. The van der Waals surface area contributed by atoms with E-state index in [1.807, 2.05) is 13.8 Å². The lowest BCUT2D eigenvalue weighted by atomic mass is 10.2. The summed E-state index contributed by atoms with van der Waals surface area (Å²) in [6.45, 7) is 4.18. The first kappa shape index (κ1) is 14.8. The fourth-order valence-corrected chi connectivity index (χ4v) is 2.04. The van der Waals surface area contributed by atoms with Gasteiger partial charge >= 0.3 is 6.09 Å². The number of ether oxygens (including phenoxy) is 1. The molecule has 2 aromatic rings. The second kappa shape index (κ2) is 6.24. The van der Waals surface area contributed by atoms with Crippen molar-refractivity contribution in [3.05, 3.63) is 29.0 Å². The van der Waals surface area contributed by atoms with Crippen LogP contribution < -0.4 is 0 Å². The Morgan fingerprint density at radius 2 is 2.25 bits per heavy atom. The maximum Gasteiger partial charge on any atom is 0.419 e. The van der Waals surface area contributed by atoms with Crippen LogP contribution in [0.2, 0.25) is 5.02 Å². The monoisotopic (exact) mass is 296 g/mol. The van der Waals surface area contributed by atoms with E-state index in [0.717, 1.165) is 0 Å². The predicted molar refractivity (Wildman–Crippen MR) is 77.1 cm³/mol. The number of imidazole rings is 1. The van der Waals surface area contributed by atoms with Gasteiger partial charge in [-0.25, -0.2) is 14.3 Å². The summed E-state index contributed by atoms with van der Waals surface area (Å²) in [6, 6.07) is 5.10. The normalized spacial score (nSPS) is 11.2. The van der Waals surface area contributed by atoms with Crippen molar-refractivity contribution in [2.24, 2.45) is 5.92 Å². The van der Waals surface area contributed by atoms with Gasteiger partial charge in [0.05, 0.1) is 24.2 Å². The van der Waals surface area contributed by atoms with Gasteiger partial charge in [0, 0.05) is 11.4 Å². The molecular formula is C14H17ClN2O3. The lowest BCUT2D eigenvalue weighted by Crippen LogP contribution is -2.19. The van der Waals surface area contributed by atoms with E-state index in [4.69, 9.17) is 21.4 Å². The van der Waals surface area contributed by atoms with Gasteiger partial charge in [-0.3, -0.25) is 0 Å². The molecule has 108 valence electrons. The molecule has 20 heavy (non-hydrogen) atoms. The summed E-state index contributed by atoms with van der Waals surface area (Å²) in [6.07, 6.45) is -0.199. The summed E-state index contributed by atoms with van der Waals surface area (Å²) in [7, 11) is 0. The highest BCUT2D eigenvalue weighted by Gasteiger charge is 2.18. The van der Waals surface area contributed by atoms with Gasteiger partial charge in [-0.1, -0.05) is 25.4 Å². The molecule has 0 unspecified atom stereocenters. The van der Waals surface area contributed by atoms with Crippen LogP contribution in [-0.2, 0) is 11.2 Å². The van der Waals surface area contributed by atoms with E-state index in [9.17, 15) is 4.79 Å². The first-order valence-electron chi connectivity index (χ1n) is 6.47. The Bertz CT molecular complexity index is 622. The average Bonchev–Trinajstić information content (AvgIpc) is 2.73. The number of aliphatic hydroxyl groups excluding tert-OH is 1. The van der Waals surface area contributed by atoms with Crippen LogP contribution in [-0.4, -0.2) is 34.0 Å². The number of rotatable bonds is 4. The minimum atomic E-state index is -0.480. The number of aromatic nitrogens is 2. The van der Waals surface area contributed by atoms with Crippen molar-refractivity contribution in [2.45, 2.75) is 20.3 Å². The van der Waals surface area contributed by atoms with Crippen LogP contribution in [0, 0.1) is 5.92 Å². The molecule has 0 spiro atoms. The Hall–Kier alpha value is -1.59. The van der Waals surface area contributed by atoms with Crippen molar-refractivity contribution in [3.63, 3.8) is 0 Å². The number of aliphatic hydroxyl groups is 1. The van der Waals surface area contributed by atoms with Crippen LogP contribution in [0.15, 0.2) is 18.2 Å². The Kier molecular flexibility index (Phi) is 4.62. The molecule has 0 aliphatic carbocycles. The van der Waals surface area contributed by atoms with Crippen molar-refractivity contribution in [1.82, 2.24) is 9.55 Å². The van der Waals surface area contributed by atoms with Crippen LogP contribution in [0.5, 0.6) is 0 Å². The fraction of sp³-hybridized carbons (Fsp3) is 0.429. The highest BCUT2D eigenvalue weighted by Crippen LogP contribution is 2.21. The standard InChI is InChI=1S/C14H17ClN2O3/c1-9(2)8-20-14(19)17-12-4-3-10(15)7-11(12)16-13(17)5-6-18/h3-4,7,9,18H,5-6,8H2,1-2H3. The molecule has 0 saturated heterocycles. The Morgan fingerprint density at radius 1 is 1.50 bits per heavy atom. The zero-order valence-electron chi connectivity index (χ0n) is 11.5. The molecule has 2 rings (SSSR count). The van der Waals surface area contributed by atoms with E-state index < -0.39 is 6.09 Å². The van der Waals surface area contributed by atoms with Crippen molar-refractivity contribution >= 4 is 28.7 Å². The van der Waals surface area contributed by atoms with Gasteiger partial charge in [0.1, 0.15) is 5.82 Å². The maximum atomic E-state index is 12.2. The van der Waals surface area contributed by atoms with E-state index in [2.05, 4.69) is 4.98 Å². The van der Waals surface area contributed by atoms with E-state index in [1.54, 1.807) is 18.2 Å². The molecule has 0 amide bonds. The van der Waals surface area contributed by atoms with Crippen molar-refractivity contribution in [1.29, 1.82) is 0 Å². The molecule has 0 saturated carbocycles. The molecule has 0 bridgehead atoms. The lowest BCUT2D eigenvalue weighted by Gasteiger charge is -2.10. The highest BCUT2D eigenvalue weighted by molar-refractivity contribution is 6.31. The molecule has 1 aromatic heterocycles. The molecule has 1 N–H and O–H groups in total. The first-order valence-corrected chi connectivity index (χ1v) is 6.85. The summed E-state index contributed by atoms with van der Waals surface area (Å²) in [4.78, 5) is 16.5. The highest BCUT2D eigenvalue weighted by atomic mass is 35.5. The summed E-state index contributed by atoms with van der Waals surface area (Å²) in [5.74, 6) is 0.725. The van der Waals surface area contributed by atoms with Crippen LogP contribution >= 0.6 is 11.6 Å². The molecule has 6 heteroatoms. The third kappa shape index (κ3) is 3.11. The zero-order chi connectivity index (χ0) is 14.7. The number of halogens is 1. The van der Waals surface area contributed by atoms with E-state index >= 15 is 0 Å². The maximum absolute atomic E-state index is 12.2. The Labute approximate surface area is 122 Å². The summed E-state index contributed by atoms with van der Waals surface area (Å²) >= 11 is 5.92. The molecule has 5 nitrogen and oxygen atoms in total. The number of carbonyl (C=O) groups excluding carboxylic acids is 1. The quantitative estimate of drug-likeness (QED) is 0.942. The number of hydrogen-bond acceptors (Lipinski definition) is 4. The van der Waals surface area contributed by atoms with Gasteiger partial charge in [0.25, 0.3) is 0 Å². The Balaban J connectivity index is 2.42. The van der Waals surface area contributed by atoms with Crippen molar-refractivity contribution in [3.8, 4) is 0 Å². The largest absolute Gasteiger partial charge is 0.449 e. The summed E-state index contributed by atoms with van der Waals surface area (Å²) < 4.78 is 6.64. The smallest absolute Gasteiger partial charge is 0.419 e. The molecule has 0 atom stereocenters. The van der Waals surface area contributed by atoms with Gasteiger partial charge < -0.3 is 9.84 Å². The minimum Gasteiger partial charge on any atom is -0.449 e. The van der Waals surface area contributed by atoms with E-state index in [1.165, 1.54) is 4.57 Å². The summed E-state index contributed by atoms with van der Waals surface area (Å²) in [5, 5.41) is 9.64. The lowest BCUT2D eigenvalue weighted by molar-refractivity contribution is 0.134. The summed E-state index contributed by atoms with van der Waals surface area (Å²) in [5.41, 5.74) is 1.24. The molecule has 0 aliphatic rings. The van der Waals surface area contributed by atoms with Gasteiger partial charge in [0.15, 0.2) is 0 Å². The number of fused-ring (bicyclic) bond motifs is 1. The van der Waals surface area contributed by atoms with Gasteiger partial charge in [-0.05, 0) is 24.1 Å². The number of carbonyl (C=O) groups is 1. The number of hydrogen-bond donors (Lipinski definition) is 1. The van der Waals surface area contributed by atoms with Crippen LogP contribution in [0.25, 0.3) is 11.0 Å². The van der Waals surface area contributed by atoms with Crippen LogP contribution in [0.4, 0.5) is 4.79 Å². The predicted octanol–water partition coefficient (Wildman–Crippen LogP) is 2.87. The van der Waals surface area contributed by atoms with Gasteiger partial charge in [-0.15, -0.1) is 0 Å². The Morgan fingerprint density at radius 3 is 2.90 bits per heavy atom. The number of benzene rings is 1. The molecule has 0 fully saturated rings.